The van der Waals surface area contributed by atoms with Crippen LogP contribution in [0, 0.1) is 12.3 Å². The minimum Gasteiger partial charge on any atom is -0.338 e. The van der Waals surface area contributed by atoms with Crippen LogP contribution in [0.4, 0.5) is 0 Å². The molecule has 2 rings (SSSR count). The molecule has 2 heteroatoms. The fourth-order valence-corrected chi connectivity index (χ4v) is 1.82. The second-order valence-electron chi connectivity index (χ2n) is 3.24. The molecular formula is C9H12O2. The van der Waals surface area contributed by atoms with E-state index in [2.05, 4.69) is 5.92 Å². The van der Waals surface area contributed by atoms with Crippen LogP contribution in [0.25, 0.3) is 0 Å². The molecule has 1 heterocycles. The molecule has 1 saturated carbocycles. The Bertz CT molecular complexity index is 186. The molecule has 60 valence electrons. The van der Waals surface area contributed by atoms with Gasteiger partial charge in [-0.15, -0.1) is 6.42 Å². The lowest BCUT2D eigenvalue weighted by Gasteiger charge is -1.99. The first-order valence-electron chi connectivity index (χ1n) is 4.10. The standard InChI is InChI=1S/C9H12O2/c1-2-7-10-8-9(11-8)5-3-4-6-9/h1,8H,3-7H2. The first-order chi connectivity index (χ1) is 5.37. The quantitative estimate of drug-likeness (QED) is 0.439. The van der Waals surface area contributed by atoms with Crippen molar-refractivity contribution in [3.8, 4) is 12.3 Å². The van der Waals surface area contributed by atoms with Crippen LogP contribution in [0.2, 0.25) is 0 Å². The topological polar surface area (TPSA) is 21.8 Å². The van der Waals surface area contributed by atoms with Crippen LogP contribution >= 0.6 is 0 Å². The summed E-state index contributed by atoms with van der Waals surface area (Å²) in [5, 5.41) is 0. The van der Waals surface area contributed by atoms with Gasteiger partial charge in [0.25, 0.3) is 0 Å². The third kappa shape index (κ3) is 1.15. The minimum absolute atomic E-state index is 0.0149. The van der Waals surface area contributed by atoms with Crippen molar-refractivity contribution in [1.29, 1.82) is 0 Å². The van der Waals surface area contributed by atoms with Gasteiger partial charge in [-0.3, -0.25) is 0 Å². The molecule has 0 aromatic rings. The van der Waals surface area contributed by atoms with Crippen molar-refractivity contribution in [3.63, 3.8) is 0 Å². The number of ether oxygens (including phenoxy) is 2. The Balaban J connectivity index is 1.80. The van der Waals surface area contributed by atoms with Gasteiger partial charge in [0.15, 0.2) is 6.29 Å². The van der Waals surface area contributed by atoms with Crippen LogP contribution < -0.4 is 0 Å². The van der Waals surface area contributed by atoms with Crippen molar-refractivity contribution >= 4 is 0 Å². The third-order valence-electron chi connectivity index (χ3n) is 2.48. The summed E-state index contributed by atoms with van der Waals surface area (Å²) in [5.41, 5.74) is 0.0941. The number of hydrogen-bond donors (Lipinski definition) is 0. The smallest absolute Gasteiger partial charge is 0.188 e. The molecule has 0 radical (unpaired) electrons. The first kappa shape index (κ1) is 7.15. The number of rotatable bonds is 2. The van der Waals surface area contributed by atoms with Crippen molar-refractivity contribution in [3.05, 3.63) is 0 Å². The highest BCUT2D eigenvalue weighted by Crippen LogP contribution is 2.49. The van der Waals surface area contributed by atoms with Gasteiger partial charge in [0, 0.05) is 0 Å². The maximum atomic E-state index is 5.45. The van der Waals surface area contributed by atoms with E-state index in [0.717, 1.165) is 12.8 Å². The highest BCUT2D eigenvalue weighted by molar-refractivity contribution is 5.01. The van der Waals surface area contributed by atoms with Crippen molar-refractivity contribution < 1.29 is 9.47 Å². The number of epoxide rings is 1. The van der Waals surface area contributed by atoms with E-state index in [-0.39, 0.29) is 11.9 Å². The summed E-state index contributed by atoms with van der Waals surface area (Å²) in [6.45, 7) is 0.381. The molecular weight excluding hydrogens is 140 g/mol. The Kier molecular flexibility index (Phi) is 1.63. The second kappa shape index (κ2) is 2.51. The zero-order valence-electron chi connectivity index (χ0n) is 6.51. The highest BCUT2D eigenvalue weighted by atomic mass is 16.8. The molecule has 2 aliphatic rings. The molecule has 0 N–H and O–H groups in total. The predicted octanol–water partition coefficient (Wildman–Crippen LogP) is 1.31. The minimum atomic E-state index is 0.0149. The summed E-state index contributed by atoms with van der Waals surface area (Å²) in [5.74, 6) is 2.44. The average Bonchev–Trinajstić information content (AvgIpc) is 2.41. The van der Waals surface area contributed by atoms with Crippen LogP contribution in [0.1, 0.15) is 25.7 Å². The molecule has 1 unspecified atom stereocenters. The monoisotopic (exact) mass is 152 g/mol. The van der Waals surface area contributed by atoms with E-state index >= 15 is 0 Å². The van der Waals surface area contributed by atoms with E-state index < -0.39 is 0 Å². The molecule has 1 aliphatic heterocycles. The van der Waals surface area contributed by atoms with Gasteiger partial charge in [-0.1, -0.05) is 18.8 Å². The van der Waals surface area contributed by atoms with Gasteiger partial charge in [-0.25, -0.2) is 0 Å². The summed E-state index contributed by atoms with van der Waals surface area (Å²) >= 11 is 0. The Morgan fingerprint density at radius 2 is 2.27 bits per heavy atom. The molecule has 1 spiro atoms. The van der Waals surface area contributed by atoms with Gasteiger partial charge in [0.2, 0.25) is 0 Å². The van der Waals surface area contributed by atoms with Crippen LogP contribution in [0.5, 0.6) is 0 Å². The highest BCUT2D eigenvalue weighted by Gasteiger charge is 2.58. The van der Waals surface area contributed by atoms with Gasteiger partial charge >= 0.3 is 0 Å². The Morgan fingerprint density at radius 1 is 1.55 bits per heavy atom. The van der Waals surface area contributed by atoms with Crippen molar-refractivity contribution in [2.24, 2.45) is 0 Å². The van der Waals surface area contributed by atoms with Gasteiger partial charge in [0.05, 0.1) is 0 Å². The van der Waals surface area contributed by atoms with Crippen LogP contribution in [-0.2, 0) is 9.47 Å². The molecule has 0 bridgehead atoms. The van der Waals surface area contributed by atoms with Gasteiger partial charge in [-0.05, 0) is 12.8 Å². The summed E-state index contributed by atoms with van der Waals surface area (Å²) < 4.78 is 10.7. The van der Waals surface area contributed by atoms with Crippen LogP contribution in [0.3, 0.4) is 0 Å². The Morgan fingerprint density at radius 3 is 2.91 bits per heavy atom. The van der Waals surface area contributed by atoms with E-state index in [4.69, 9.17) is 15.9 Å². The van der Waals surface area contributed by atoms with Crippen LogP contribution in [0.15, 0.2) is 0 Å². The summed E-state index contributed by atoms with van der Waals surface area (Å²) in [6, 6.07) is 0. The zero-order chi connectivity index (χ0) is 7.73. The van der Waals surface area contributed by atoms with E-state index in [0.29, 0.717) is 6.61 Å². The van der Waals surface area contributed by atoms with E-state index in [1.807, 2.05) is 0 Å². The van der Waals surface area contributed by atoms with E-state index in [9.17, 15) is 0 Å². The number of hydrogen-bond acceptors (Lipinski definition) is 2. The van der Waals surface area contributed by atoms with Gasteiger partial charge in [0.1, 0.15) is 12.2 Å². The Labute approximate surface area is 66.9 Å². The lowest BCUT2D eigenvalue weighted by atomic mass is 10.1. The maximum Gasteiger partial charge on any atom is 0.188 e. The molecule has 1 saturated heterocycles. The predicted molar refractivity (Wildman–Crippen MR) is 40.9 cm³/mol. The fourth-order valence-electron chi connectivity index (χ4n) is 1.82. The van der Waals surface area contributed by atoms with Gasteiger partial charge < -0.3 is 9.47 Å². The maximum absolute atomic E-state index is 5.45. The first-order valence-corrected chi connectivity index (χ1v) is 4.10. The molecule has 1 atom stereocenters. The largest absolute Gasteiger partial charge is 0.338 e. The Hall–Kier alpha value is -0.520. The molecule has 0 aromatic heterocycles. The molecule has 0 amide bonds. The summed E-state index contributed by atoms with van der Waals surface area (Å²) in [4.78, 5) is 0. The second-order valence-corrected chi connectivity index (χ2v) is 3.24. The number of terminal acetylenes is 1. The molecule has 2 nitrogen and oxygen atoms in total. The third-order valence-corrected chi connectivity index (χ3v) is 2.48. The average molecular weight is 152 g/mol. The van der Waals surface area contributed by atoms with E-state index in [1.54, 1.807) is 0 Å². The van der Waals surface area contributed by atoms with Gasteiger partial charge in [-0.2, -0.15) is 0 Å². The molecule has 1 aliphatic carbocycles. The van der Waals surface area contributed by atoms with E-state index in [1.165, 1.54) is 12.8 Å². The molecule has 11 heavy (non-hydrogen) atoms. The summed E-state index contributed by atoms with van der Waals surface area (Å²) in [6.07, 6.45) is 9.93. The lowest BCUT2D eigenvalue weighted by Crippen LogP contribution is -2.11. The van der Waals surface area contributed by atoms with Crippen LogP contribution in [-0.4, -0.2) is 18.5 Å². The SMILES string of the molecule is C#CCOC1OC12CCCC2. The molecule has 2 fully saturated rings. The molecule has 0 aromatic carbocycles. The fraction of sp³-hybridized carbons (Fsp3) is 0.778. The zero-order valence-corrected chi connectivity index (χ0v) is 6.51. The van der Waals surface area contributed by atoms with Crippen molar-refractivity contribution in [2.75, 3.05) is 6.61 Å². The summed E-state index contributed by atoms with van der Waals surface area (Å²) in [7, 11) is 0. The van der Waals surface area contributed by atoms with Crippen molar-refractivity contribution in [1.82, 2.24) is 0 Å². The normalized spacial score (nSPS) is 32.1. The lowest BCUT2D eigenvalue weighted by molar-refractivity contribution is 0.0729. The van der Waals surface area contributed by atoms with Crippen molar-refractivity contribution in [2.45, 2.75) is 37.6 Å².